The average molecular weight is 571 g/mol. The van der Waals surface area contributed by atoms with E-state index >= 15 is 0 Å². The van der Waals surface area contributed by atoms with Crippen molar-refractivity contribution >= 4 is 75.9 Å². The second-order valence-corrected chi connectivity index (χ2v) is 8.83. The van der Waals surface area contributed by atoms with Gasteiger partial charge >= 0.3 is 17.9 Å². The summed E-state index contributed by atoms with van der Waals surface area (Å²) in [6.45, 7) is 0. The SMILES string of the molecule is O=C(O[C@H](C(=O)O)[C@@H](OC(=O)c1ccc(Cl)cc1)C(=O)Nc1ccc(Cl)cc1Cl)c1ccc(Cl)cc1. The number of carboxylic acids is 1. The summed E-state index contributed by atoms with van der Waals surface area (Å²) in [5.41, 5.74) is -0.0313. The maximum Gasteiger partial charge on any atom is 0.349 e. The molecule has 3 rings (SSSR count). The second kappa shape index (κ2) is 12.1. The molecule has 0 heterocycles. The minimum Gasteiger partial charge on any atom is -0.478 e. The molecule has 0 aromatic heterocycles. The minimum absolute atomic E-state index is 0.0312. The first-order chi connectivity index (χ1) is 17.0. The summed E-state index contributed by atoms with van der Waals surface area (Å²) in [5.74, 6) is -5.03. The molecule has 0 bridgehead atoms. The van der Waals surface area contributed by atoms with E-state index < -0.39 is 36.0 Å². The number of halogens is 4. The highest BCUT2D eigenvalue weighted by atomic mass is 35.5. The third-order valence-electron chi connectivity index (χ3n) is 4.59. The molecule has 0 radical (unpaired) electrons. The summed E-state index contributed by atoms with van der Waals surface area (Å²) in [6.07, 6.45) is -4.34. The highest BCUT2D eigenvalue weighted by Crippen LogP contribution is 2.26. The van der Waals surface area contributed by atoms with Crippen LogP contribution in [-0.4, -0.2) is 41.1 Å². The van der Waals surface area contributed by atoms with E-state index in [1.165, 1.54) is 66.7 Å². The molecule has 36 heavy (non-hydrogen) atoms. The van der Waals surface area contributed by atoms with Crippen LogP contribution in [0.3, 0.4) is 0 Å². The predicted octanol–water partition coefficient (Wildman–Crippen LogP) is 5.77. The molecule has 0 spiro atoms. The lowest BCUT2D eigenvalue weighted by Gasteiger charge is -2.24. The molecule has 12 heteroatoms. The summed E-state index contributed by atoms with van der Waals surface area (Å²) in [4.78, 5) is 50.5. The number of benzene rings is 3. The van der Waals surface area contributed by atoms with Crippen molar-refractivity contribution < 1.29 is 33.8 Å². The number of esters is 2. The van der Waals surface area contributed by atoms with E-state index in [2.05, 4.69) is 5.32 Å². The smallest absolute Gasteiger partial charge is 0.349 e. The van der Waals surface area contributed by atoms with E-state index in [4.69, 9.17) is 55.9 Å². The van der Waals surface area contributed by atoms with Crippen LogP contribution in [0.25, 0.3) is 0 Å². The fourth-order valence-corrected chi connectivity index (χ4v) is 3.54. The maximum atomic E-state index is 13.1. The Labute approximate surface area is 224 Å². The number of ether oxygens (including phenoxy) is 2. The van der Waals surface area contributed by atoms with Gasteiger partial charge in [-0.25, -0.2) is 14.4 Å². The molecule has 0 aliphatic carbocycles. The Morgan fingerprint density at radius 1 is 0.667 bits per heavy atom. The molecular formula is C24H15Cl4NO7. The van der Waals surface area contributed by atoms with Gasteiger partial charge in [-0.3, -0.25) is 4.79 Å². The molecule has 0 aliphatic rings. The van der Waals surface area contributed by atoms with Gasteiger partial charge in [0.2, 0.25) is 12.2 Å². The topological polar surface area (TPSA) is 119 Å². The fourth-order valence-electron chi connectivity index (χ4n) is 2.83. The Morgan fingerprint density at radius 3 is 1.56 bits per heavy atom. The van der Waals surface area contributed by atoms with Gasteiger partial charge in [0.25, 0.3) is 5.91 Å². The number of carbonyl (C=O) groups is 4. The third-order valence-corrected chi connectivity index (χ3v) is 5.65. The number of carbonyl (C=O) groups excluding carboxylic acids is 3. The van der Waals surface area contributed by atoms with Gasteiger partial charge in [0.15, 0.2) is 0 Å². The number of amides is 1. The number of nitrogens with one attached hydrogen (secondary N) is 1. The molecule has 0 unspecified atom stereocenters. The van der Waals surface area contributed by atoms with Crippen LogP contribution in [0.4, 0.5) is 5.69 Å². The average Bonchev–Trinajstić information content (AvgIpc) is 2.83. The summed E-state index contributed by atoms with van der Waals surface area (Å²) >= 11 is 23.6. The highest BCUT2D eigenvalue weighted by molar-refractivity contribution is 6.36. The highest BCUT2D eigenvalue weighted by Gasteiger charge is 2.41. The number of anilines is 1. The van der Waals surface area contributed by atoms with Crippen molar-refractivity contribution in [1.82, 2.24) is 0 Å². The zero-order valence-electron chi connectivity index (χ0n) is 17.9. The van der Waals surface area contributed by atoms with Crippen molar-refractivity contribution in [3.63, 3.8) is 0 Å². The van der Waals surface area contributed by atoms with Gasteiger partial charge in [-0.15, -0.1) is 0 Å². The lowest BCUT2D eigenvalue weighted by Crippen LogP contribution is -2.48. The van der Waals surface area contributed by atoms with Gasteiger partial charge < -0.3 is 19.9 Å². The zero-order chi connectivity index (χ0) is 26.4. The molecule has 2 N–H and O–H groups in total. The van der Waals surface area contributed by atoms with Crippen LogP contribution in [0.5, 0.6) is 0 Å². The first kappa shape index (κ1) is 27.3. The molecule has 8 nitrogen and oxygen atoms in total. The molecular weight excluding hydrogens is 556 g/mol. The Bertz CT molecular complexity index is 1300. The lowest BCUT2D eigenvalue weighted by molar-refractivity contribution is -0.157. The molecule has 0 aliphatic heterocycles. The maximum absolute atomic E-state index is 13.1. The summed E-state index contributed by atoms with van der Waals surface area (Å²) in [6, 6.07) is 14.9. The number of hydrogen-bond donors (Lipinski definition) is 2. The lowest BCUT2D eigenvalue weighted by atomic mass is 10.1. The van der Waals surface area contributed by atoms with Crippen molar-refractivity contribution in [2.45, 2.75) is 12.2 Å². The van der Waals surface area contributed by atoms with E-state index in [9.17, 15) is 24.3 Å². The summed E-state index contributed by atoms with van der Waals surface area (Å²) < 4.78 is 10.3. The van der Waals surface area contributed by atoms with Gasteiger partial charge in [0.1, 0.15) is 0 Å². The van der Waals surface area contributed by atoms with Gasteiger partial charge in [-0.1, -0.05) is 46.4 Å². The van der Waals surface area contributed by atoms with Crippen LogP contribution >= 0.6 is 46.4 Å². The largest absolute Gasteiger partial charge is 0.478 e. The summed E-state index contributed by atoms with van der Waals surface area (Å²) in [5, 5.41) is 13.1. The van der Waals surface area contributed by atoms with Crippen molar-refractivity contribution in [2.75, 3.05) is 5.32 Å². The van der Waals surface area contributed by atoms with Gasteiger partial charge in [0, 0.05) is 15.1 Å². The normalized spacial score (nSPS) is 12.2. The quantitative estimate of drug-likeness (QED) is 0.330. The van der Waals surface area contributed by atoms with E-state index in [0.717, 1.165) is 0 Å². The zero-order valence-corrected chi connectivity index (χ0v) is 20.9. The van der Waals surface area contributed by atoms with Crippen LogP contribution in [0.2, 0.25) is 20.1 Å². The molecule has 3 aromatic rings. The first-order valence-corrected chi connectivity index (χ1v) is 11.5. The Kier molecular flexibility index (Phi) is 9.17. The van der Waals surface area contributed by atoms with E-state index in [0.29, 0.717) is 10.0 Å². The first-order valence-electron chi connectivity index (χ1n) is 9.97. The van der Waals surface area contributed by atoms with Crippen LogP contribution in [0.1, 0.15) is 20.7 Å². The molecule has 0 saturated carbocycles. The van der Waals surface area contributed by atoms with E-state index in [-0.39, 0.29) is 26.9 Å². The van der Waals surface area contributed by atoms with Crippen molar-refractivity contribution in [1.29, 1.82) is 0 Å². The van der Waals surface area contributed by atoms with Crippen molar-refractivity contribution in [3.05, 3.63) is 97.9 Å². The van der Waals surface area contributed by atoms with Crippen LogP contribution in [0, 0.1) is 0 Å². The Morgan fingerprint density at radius 2 is 1.11 bits per heavy atom. The monoisotopic (exact) mass is 569 g/mol. The Hall–Kier alpha value is -3.30. The van der Waals surface area contributed by atoms with E-state index in [1.807, 2.05) is 0 Å². The van der Waals surface area contributed by atoms with E-state index in [1.54, 1.807) is 0 Å². The van der Waals surface area contributed by atoms with Gasteiger partial charge in [-0.05, 0) is 66.7 Å². The second-order valence-electron chi connectivity index (χ2n) is 7.12. The number of hydrogen-bond acceptors (Lipinski definition) is 6. The third kappa shape index (κ3) is 7.11. The van der Waals surface area contributed by atoms with Crippen LogP contribution < -0.4 is 5.32 Å². The fraction of sp³-hybridized carbons (Fsp3) is 0.0833. The summed E-state index contributed by atoms with van der Waals surface area (Å²) in [7, 11) is 0. The molecule has 0 fully saturated rings. The molecule has 1 amide bonds. The van der Waals surface area contributed by atoms with Gasteiger partial charge in [0.05, 0.1) is 21.8 Å². The Balaban J connectivity index is 1.92. The van der Waals surface area contributed by atoms with Crippen LogP contribution in [0.15, 0.2) is 66.7 Å². The number of carboxylic acid groups (broad SMARTS) is 1. The van der Waals surface area contributed by atoms with Crippen LogP contribution in [-0.2, 0) is 19.1 Å². The minimum atomic E-state index is -2.23. The molecule has 0 saturated heterocycles. The molecule has 2 atom stereocenters. The van der Waals surface area contributed by atoms with Crippen molar-refractivity contribution in [2.24, 2.45) is 0 Å². The number of aliphatic carboxylic acids is 1. The number of rotatable bonds is 8. The molecule has 186 valence electrons. The van der Waals surface area contributed by atoms with Gasteiger partial charge in [-0.2, -0.15) is 0 Å². The predicted molar refractivity (Wildman–Crippen MR) is 134 cm³/mol. The molecule has 3 aromatic carbocycles. The standard InChI is InChI=1S/C24H15Cl4NO7/c25-14-5-1-12(2-6-14)23(33)35-19(21(30)29-18-10-9-16(27)11-17(18)28)20(22(31)32)36-24(34)13-3-7-15(26)8-4-13/h1-11,19-20H,(H,29,30)(H,31,32)/t19-,20+/m1/s1. The van der Waals surface area contributed by atoms with Crippen molar-refractivity contribution in [3.8, 4) is 0 Å².